The standard InChI is InChI=1S/C13H13N3O2/c1-9-5-7-10(8-6-9)15-12-4-2-3-11(14)13(12)16(17)18/h2-8,15H,14H2,1H3. The van der Waals surface area contributed by atoms with Gasteiger partial charge in [0.1, 0.15) is 11.4 Å². The van der Waals surface area contributed by atoms with Crippen LogP contribution >= 0.6 is 0 Å². The highest BCUT2D eigenvalue weighted by atomic mass is 16.6. The van der Waals surface area contributed by atoms with Crippen LogP contribution in [0.25, 0.3) is 0 Å². The maximum Gasteiger partial charge on any atom is 0.315 e. The first-order valence-corrected chi connectivity index (χ1v) is 5.44. The Bertz CT molecular complexity index is 579. The maximum atomic E-state index is 11.0. The minimum atomic E-state index is -0.480. The van der Waals surface area contributed by atoms with Crippen LogP contribution in [0, 0.1) is 17.0 Å². The number of nitro groups is 1. The first kappa shape index (κ1) is 11.9. The van der Waals surface area contributed by atoms with Crippen LogP contribution < -0.4 is 11.1 Å². The molecule has 92 valence electrons. The molecular formula is C13H13N3O2. The number of nitrogens with one attached hydrogen (secondary N) is 1. The van der Waals surface area contributed by atoms with Gasteiger partial charge in [0.15, 0.2) is 0 Å². The second-order valence-electron chi connectivity index (χ2n) is 3.99. The van der Waals surface area contributed by atoms with E-state index in [1.807, 2.05) is 31.2 Å². The van der Waals surface area contributed by atoms with E-state index in [2.05, 4.69) is 5.32 Å². The van der Waals surface area contributed by atoms with Crippen molar-refractivity contribution in [1.29, 1.82) is 0 Å². The second-order valence-corrected chi connectivity index (χ2v) is 3.99. The van der Waals surface area contributed by atoms with E-state index in [4.69, 9.17) is 5.73 Å². The Balaban J connectivity index is 2.37. The normalized spacial score (nSPS) is 10.1. The lowest BCUT2D eigenvalue weighted by Gasteiger charge is -2.08. The zero-order valence-corrected chi connectivity index (χ0v) is 9.88. The van der Waals surface area contributed by atoms with E-state index in [1.54, 1.807) is 12.1 Å². The number of hydrogen-bond donors (Lipinski definition) is 2. The highest BCUT2D eigenvalue weighted by Crippen LogP contribution is 2.32. The van der Waals surface area contributed by atoms with Crippen molar-refractivity contribution < 1.29 is 4.92 Å². The van der Waals surface area contributed by atoms with Crippen molar-refractivity contribution >= 4 is 22.7 Å². The molecule has 0 heterocycles. The zero-order valence-electron chi connectivity index (χ0n) is 9.88. The molecule has 0 aromatic heterocycles. The molecule has 18 heavy (non-hydrogen) atoms. The van der Waals surface area contributed by atoms with Gasteiger partial charge in [-0.1, -0.05) is 23.8 Å². The molecule has 0 saturated heterocycles. The number of nitrogens with two attached hydrogens (primary N) is 1. The molecule has 2 rings (SSSR count). The number of para-hydroxylation sites is 1. The second kappa shape index (κ2) is 4.75. The summed E-state index contributed by atoms with van der Waals surface area (Å²) in [4.78, 5) is 10.5. The molecular weight excluding hydrogens is 230 g/mol. The quantitative estimate of drug-likeness (QED) is 0.492. The van der Waals surface area contributed by atoms with Crippen LogP contribution in [0.15, 0.2) is 42.5 Å². The molecule has 0 amide bonds. The number of hydrogen-bond acceptors (Lipinski definition) is 4. The molecule has 5 nitrogen and oxygen atoms in total. The van der Waals surface area contributed by atoms with Gasteiger partial charge < -0.3 is 11.1 Å². The largest absolute Gasteiger partial charge is 0.393 e. The first-order valence-electron chi connectivity index (χ1n) is 5.44. The Morgan fingerprint density at radius 3 is 2.44 bits per heavy atom. The molecule has 2 aromatic carbocycles. The predicted molar refractivity (Wildman–Crippen MR) is 72.0 cm³/mol. The monoisotopic (exact) mass is 243 g/mol. The third-order valence-corrected chi connectivity index (χ3v) is 2.58. The SMILES string of the molecule is Cc1ccc(Nc2cccc(N)c2[N+](=O)[O-])cc1. The van der Waals surface area contributed by atoms with Gasteiger partial charge in [-0.15, -0.1) is 0 Å². The number of anilines is 3. The summed E-state index contributed by atoms with van der Waals surface area (Å²) >= 11 is 0. The Morgan fingerprint density at radius 1 is 1.17 bits per heavy atom. The Morgan fingerprint density at radius 2 is 1.83 bits per heavy atom. The van der Waals surface area contributed by atoms with Crippen molar-refractivity contribution in [2.45, 2.75) is 6.92 Å². The van der Waals surface area contributed by atoms with E-state index >= 15 is 0 Å². The van der Waals surface area contributed by atoms with Gasteiger partial charge in [0, 0.05) is 5.69 Å². The van der Waals surface area contributed by atoms with Gasteiger partial charge in [-0.05, 0) is 31.2 Å². The average Bonchev–Trinajstić information content (AvgIpc) is 2.32. The van der Waals surface area contributed by atoms with Crippen LogP contribution in [-0.2, 0) is 0 Å². The van der Waals surface area contributed by atoms with Gasteiger partial charge >= 0.3 is 5.69 Å². The lowest BCUT2D eigenvalue weighted by atomic mass is 10.2. The number of rotatable bonds is 3. The summed E-state index contributed by atoms with van der Waals surface area (Å²) < 4.78 is 0. The van der Waals surface area contributed by atoms with E-state index in [9.17, 15) is 10.1 Å². The summed E-state index contributed by atoms with van der Waals surface area (Å²) in [6, 6.07) is 12.4. The molecule has 0 fully saturated rings. The van der Waals surface area contributed by atoms with Crippen LogP contribution in [0.5, 0.6) is 0 Å². The van der Waals surface area contributed by atoms with Gasteiger partial charge in [0.05, 0.1) is 4.92 Å². The van der Waals surface area contributed by atoms with E-state index in [-0.39, 0.29) is 11.4 Å². The molecule has 0 aliphatic rings. The lowest BCUT2D eigenvalue weighted by Crippen LogP contribution is -2.00. The van der Waals surface area contributed by atoms with Crippen LogP contribution in [0.4, 0.5) is 22.7 Å². The average molecular weight is 243 g/mol. The smallest absolute Gasteiger partial charge is 0.315 e. The molecule has 0 aliphatic carbocycles. The summed E-state index contributed by atoms with van der Waals surface area (Å²) in [6.45, 7) is 1.98. The Kier molecular flexibility index (Phi) is 3.14. The van der Waals surface area contributed by atoms with E-state index < -0.39 is 4.92 Å². The van der Waals surface area contributed by atoms with Crippen molar-refractivity contribution in [3.05, 3.63) is 58.1 Å². The maximum absolute atomic E-state index is 11.0. The number of nitrogen functional groups attached to an aromatic ring is 1. The van der Waals surface area contributed by atoms with Gasteiger partial charge in [-0.25, -0.2) is 0 Å². The fourth-order valence-electron chi connectivity index (χ4n) is 1.66. The lowest BCUT2D eigenvalue weighted by molar-refractivity contribution is -0.383. The van der Waals surface area contributed by atoms with Crippen molar-refractivity contribution in [3.8, 4) is 0 Å². The third-order valence-electron chi connectivity index (χ3n) is 2.58. The minimum Gasteiger partial charge on any atom is -0.393 e. The van der Waals surface area contributed by atoms with Crippen LogP contribution in [0.2, 0.25) is 0 Å². The van der Waals surface area contributed by atoms with E-state index in [0.717, 1.165) is 11.3 Å². The fourth-order valence-corrected chi connectivity index (χ4v) is 1.66. The van der Waals surface area contributed by atoms with Crippen molar-refractivity contribution in [3.63, 3.8) is 0 Å². The molecule has 0 aliphatic heterocycles. The number of nitro benzene ring substituents is 1. The molecule has 0 spiro atoms. The number of benzene rings is 2. The van der Waals surface area contributed by atoms with E-state index in [0.29, 0.717) is 5.69 Å². The molecule has 0 saturated carbocycles. The number of aryl methyl sites for hydroxylation is 1. The molecule has 0 bridgehead atoms. The summed E-state index contributed by atoms with van der Waals surface area (Å²) in [5.41, 5.74) is 7.98. The Hall–Kier alpha value is -2.56. The highest BCUT2D eigenvalue weighted by molar-refractivity contribution is 5.78. The van der Waals surface area contributed by atoms with Gasteiger partial charge in [-0.3, -0.25) is 10.1 Å². The topological polar surface area (TPSA) is 81.2 Å². The molecule has 0 radical (unpaired) electrons. The highest BCUT2D eigenvalue weighted by Gasteiger charge is 2.17. The van der Waals surface area contributed by atoms with Crippen molar-refractivity contribution in [2.24, 2.45) is 0 Å². The predicted octanol–water partition coefficient (Wildman–Crippen LogP) is 3.23. The van der Waals surface area contributed by atoms with Crippen molar-refractivity contribution in [1.82, 2.24) is 0 Å². The van der Waals surface area contributed by atoms with Gasteiger partial charge in [-0.2, -0.15) is 0 Å². The van der Waals surface area contributed by atoms with Crippen LogP contribution in [0.1, 0.15) is 5.56 Å². The zero-order chi connectivity index (χ0) is 13.1. The van der Waals surface area contributed by atoms with E-state index in [1.165, 1.54) is 6.07 Å². The minimum absolute atomic E-state index is 0.0990. The summed E-state index contributed by atoms with van der Waals surface area (Å²) in [6.07, 6.45) is 0. The van der Waals surface area contributed by atoms with Gasteiger partial charge in [0.2, 0.25) is 0 Å². The molecule has 2 aromatic rings. The van der Waals surface area contributed by atoms with Gasteiger partial charge in [0.25, 0.3) is 0 Å². The summed E-state index contributed by atoms with van der Waals surface area (Å²) in [5.74, 6) is 0. The van der Waals surface area contributed by atoms with Crippen LogP contribution in [-0.4, -0.2) is 4.92 Å². The molecule has 5 heteroatoms. The summed E-state index contributed by atoms with van der Waals surface area (Å²) in [5, 5.41) is 14.0. The fraction of sp³-hybridized carbons (Fsp3) is 0.0769. The number of nitrogens with zero attached hydrogens (tertiary/aromatic N) is 1. The Labute approximate surface area is 104 Å². The van der Waals surface area contributed by atoms with Crippen LogP contribution in [0.3, 0.4) is 0 Å². The molecule has 3 N–H and O–H groups in total. The van der Waals surface area contributed by atoms with Crippen molar-refractivity contribution in [2.75, 3.05) is 11.1 Å². The summed E-state index contributed by atoms with van der Waals surface area (Å²) in [7, 11) is 0. The molecule has 0 unspecified atom stereocenters. The molecule has 0 atom stereocenters. The third kappa shape index (κ3) is 2.40. The first-order chi connectivity index (χ1) is 8.58.